The highest BCUT2D eigenvalue weighted by Crippen LogP contribution is 2.31. The summed E-state index contributed by atoms with van der Waals surface area (Å²) in [4.78, 5) is 31.1. The van der Waals surface area contributed by atoms with Crippen molar-refractivity contribution in [3.05, 3.63) is 47.1 Å². The summed E-state index contributed by atoms with van der Waals surface area (Å²) in [6.07, 6.45) is 2.68. The third kappa shape index (κ3) is 5.02. The Bertz CT molecular complexity index is 1100. The van der Waals surface area contributed by atoms with Gasteiger partial charge in [-0.25, -0.2) is 0 Å². The number of benzene rings is 1. The summed E-state index contributed by atoms with van der Waals surface area (Å²) >= 11 is 1.23. The molecule has 0 spiro atoms. The predicted molar refractivity (Wildman–Crippen MR) is 116 cm³/mol. The number of aryl methyl sites for hydroxylation is 1. The number of ether oxygens (including phenoxy) is 2. The van der Waals surface area contributed by atoms with Gasteiger partial charge in [0.05, 0.1) is 6.10 Å². The first kappa shape index (κ1) is 20.9. The third-order valence-corrected chi connectivity index (χ3v) is 5.24. The lowest BCUT2D eigenvalue weighted by atomic mass is 10.2. The van der Waals surface area contributed by atoms with E-state index < -0.39 is 0 Å². The summed E-state index contributed by atoms with van der Waals surface area (Å²) in [6, 6.07) is 6.64. The summed E-state index contributed by atoms with van der Waals surface area (Å²) < 4.78 is 13.2. The Hall–Kier alpha value is -3.40. The van der Waals surface area contributed by atoms with Crippen molar-refractivity contribution in [3.63, 3.8) is 0 Å². The molecule has 2 aromatic heterocycles. The molecule has 1 aliphatic heterocycles. The SMILES string of the molecule is CC(C)Oc1cc(Oc2nc(C(=O)N3CCC3)cs2)cc(C(=O)Nc2ccn(C)n2)c1. The minimum Gasteiger partial charge on any atom is -0.491 e. The normalized spacial score (nSPS) is 13.1. The van der Waals surface area contributed by atoms with Crippen molar-refractivity contribution in [3.8, 4) is 16.7 Å². The number of aromatic nitrogens is 3. The molecule has 0 bridgehead atoms. The van der Waals surface area contributed by atoms with Crippen molar-refractivity contribution in [2.75, 3.05) is 18.4 Å². The molecule has 0 radical (unpaired) electrons. The van der Waals surface area contributed by atoms with E-state index in [0.717, 1.165) is 19.5 Å². The van der Waals surface area contributed by atoms with Gasteiger partial charge in [0.15, 0.2) is 5.82 Å². The van der Waals surface area contributed by atoms with Gasteiger partial charge in [-0.1, -0.05) is 11.3 Å². The van der Waals surface area contributed by atoms with E-state index in [-0.39, 0.29) is 17.9 Å². The number of hydrogen-bond acceptors (Lipinski definition) is 7. The lowest BCUT2D eigenvalue weighted by Crippen LogP contribution is -2.42. The van der Waals surface area contributed by atoms with Crippen molar-refractivity contribution in [2.45, 2.75) is 26.4 Å². The Kier molecular flexibility index (Phi) is 5.90. The van der Waals surface area contributed by atoms with Crippen molar-refractivity contribution in [1.82, 2.24) is 19.7 Å². The molecule has 1 aromatic carbocycles. The maximum absolute atomic E-state index is 12.7. The van der Waals surface area contributed by atoms with Crippen LogP contribution in [0.5, 0.6) is 16.7 Å². The van der Waals surface area contributed by atoms with Gasteiger partial charge in [-0.3, -0.25) is 14.3 Å². The first-order valence-corrected chi connectivity index (χ1v) is 10.8. The molecule has 9 nitrogen and oxygen atoms in total. The summed E-state index contributed by atoms with van der Waals surface area (Å²) in [5, 5.41) is 8.91. The fraction of sp³-hybridized carbons (Fsp3) is 0.333. The second-order valence-corrected chi connectivity index (χ2v) is 8.26. The van der Waals surface area contributed by atoms with E-state index in [1.807, 2.05) is 13.8 Å². The van der Waals surface area contributed by atoms with Gasteiger partial charge < -0.3 is 19.7 Å². The second kappa shape index (κ2) is 8.76. The zero-order valence-electron chi connectivity index (χ0n) is 17.5. The van der Waals surface area contributed by atoms with Crippen molar-refractivity contribution >= 4 is 29.0 Å². The molecule has 0 aliphatic carbocycles. The van der Waals surface area contributed by atoms with Gasteiger partial charge in [0.2, 0.25) is 0 Å². The van der Waals surface area contributed by atoms with Crippen LogP contribution in [0.4, 0.5) is 5.82 Å². The van der Waals surface area contributed by atoms with Crippen LogP contribution in [0.2, 0.25) is 0 Å². The smallest absolute Gasteiger partial charge is 0.279 e. The van der Waals surface area contributed by atoms with Crippen LogP contribution in [-0.4, -0.2) is 50.7 Å². The van der Waals surface area contributed by atoms with Gasteiger partial charge in [0, 0.05) is 49.4 Å². The zero-order chi connectivity index (χ0) is 22.0. The van der Waals surface area contributed by atoms with Gasteiger partial charge in [0.25, 0.3) is 17.0 Å². The number of nitrogens with zero attached hydrogens (tertiary/aromatic N) is 4. The van der Waals surface area contributed by atoms with Gasteiger partial charge in [-0.05, 0) is 32.4 Å². The Morgan fingerprint density at radius 2 is 1.97 bits per heavy atom. The predicted octanol–water partition coefficient (Wildman–Crippen LogP) is 3.55. The average molecular weight is 442 g/mol. The first-order valence-electron chi connectivity index (χ1n) is 9.93. The van der Waals surface area contributed by atoms with E-state index in [9.17, 15) is 9.59 Å². The molecule has 4 rings (SSSR count). The molecule has 0 unspecified atom stereocenters. The number of thiazole rings is 1. The van der Waals surface area contributed by atoms with E-state index in [1.165, 1.54) is 11.3 Å². The summed E-state index contributed by atoms with van der Waals surface area (Å²) in [7, 11) is 1.77. The number of rotatable bonds is 7. The molecule has 0 saturated carbocycles. The highest BCUT2D eigenvalue weighted by Gasteiger charge is 2.24. The number of amides is 2. The summed E-state index contributed by atoms with van der Waals surface area (Å²) in [5.41, 5.74) is 0.717. The molecule has 3 aromatic rings. The molecular formula is C21H23N5O4S. The molecule has 3 heterocycles. The largest absolute Gasteiger partial charge is 0.491 e. The van der Waals surface area contributed by atoms with Crippen molar-refractivity contribution < 1.29 is 19.1 Å². The number of anilines is 1. The monoisotopic (exact) mass is 441 g/mol. The molecule has 1 aliphatic rings. The Labute approximate surface area is 183 Å². The molecule has 1 N–H and O–H groups in total. The van der Waals surface area contributed by atoms with Crippen LogP contribution in [0.3, 0.4) is 0 Å². The minimum atomic E-state index is -0.342. The molecule has 1 fully saturated rings. The third-order valence-electron chi connectivity index (χ3n) is 4.52. The zero-order valence-corrected chi connectivity index (χ0v) is 18.3. The molecule has 10 heteroatoms. The Morgan fingerprint density at radius 1 is 1.19 bits per heavy atom. The second-order valence-electron chi connectivity index (χ2n) is 7.43. The fourth-order valence-corrected chi connectivity index (χ4v) is 3.62. The number of hydrogen-bond donors (Lipinski definition) is 1. The quantitative estimate of drug-likeness (QED) is 0.602. The average Bonchev–Trinajstić information content (AvgIpc) is 3.28. The van der Waals surface area contributed by atoms with E-state index in [4.69, 9.17) is 9.47 Å². The van der Waals surface area contributed by atoms with E-state index in [0.29, 0.717) is 33.8 Å². The minimum absolute atomic E-state index is 0.0810. The van der Waals surface area contributed by atoms with Crippen molar-refractivity contribution in [1.29, 1.82) is 0 Å². The van der Waals surface area contributed by atoms with Crippen LogP contribution < -0.4 is 14.8 Å². The van der Waals surface area contributed by atoms with E-state index >= 15 is 0 Å². The van der Waals surface area contributed by atoms with Crippen LogP contribution in [0.1, 0.15) is 41.1 Å². The topological polar surface area (TPSA) is 98.6 Å². The van der Waals surface area contributed by atoms with Crippen LogP contribution in [-0.2, 0) is 7.05 Å². The maximum Gasteiger partial charge on any atom is 0.279 e. The first-order chi connectivity index (χ1) is 14.9. The lowest BCUT2D eigenvalue weighted by Gasteiger charge is -2.29. The fourth-order valence-electron chi connectivity index (χ4n) is 2.96. The van der Waals surface area contributed by atoms with Crippen LogP contribution >= 0.6 is 11.3 Å². The van der Waals surface area contributed by atoms with Crippen LogP contribution in [0.15, 0.2) is 35.8 Å². The Balaban J connectivity index is 1.54. The molecular weight excluding hydrogens is 418 g/mol. The Morgan fingerprint density at radius 3 is 2.61 bits per heavy atom. The van der Waals surface area contributed by atoms with Crippen molar-refractivity contribution in [2.24, 2.45) is 7.05 Å². The van der Waals surface area contributed by atoms with Crippen LogP contribution in [0.25, 0.3) is 0 Å². The number of carbonyl (C=O) groups excluding carboxylic acids is 2. The van der Waals surface area contributed by atoms with Gasteiger partial charge in [-0.2, -0.15) is 10.1 Å². The summed E-state index contributed by atoms with van der Waals surface area (Å²) in [5.74, 6) is 0.892. The molecule has 2 amide bonds. The maximum atomic E-state index is 12.7. The van der Waals surface area contributed by atoms with Gasteiger partial charge in [-0.15, -0.1) is 0 Å². The molecule has 0 atom stereocenters. The molecule has 1 saturated heterocycles. The summed E-state index contributed by atoms with van der Waals surface area (Å²) in [6.45, 7) is 5.32. The number of nitrogens with one attached hydrogen (secondary N) is 1. The number of carbonyl (C=O) groups is 2. The van der Waals surface area contributed by atoms with Gasteiger partial charge in [0.1, 0.15) is 17.2 Å². The highest BCUT2D eigenvalue weighted by molar-refractivity contribution is 7.11. The number of likely N-dealkylation sites (tertiary alicyclic amines) is 1. The molecule has 31 heavy (non-hydrogen) atoms. The standard InChI is InChI=1S/C21H23N5O4S/c1-13(2)29-15-9-14(19(27)23-18-5-8-25(3)24-18)10-16(11-15)30-21-22-17(12-31-21)20(28)26-6-4-7-26/h5,8-13H,4,6-7H2,1-3H3,(H,23,24,27). The van der Waals surface area contributed by atoms with Gasteiger partial charge >= 0.3 is 0 Å². The van der Waals surface area contributed by atoms with Crippen LogP contribution in [0, 0.1) is 0 Å². The highest BCUT2D eigenvalue weighted by atomic mass is 32.1. The lowest BCUT2D eigenvalue weighted by molar-refractivity contribution is 0.0646. The molecule has 162 valence electrons. The van der Waals surface area contributed by atoms with E-state index in [1.54, 1.807) is 52.5 Å². The van der Waals surface area contributed by atoms with E-state index in [2.05, 4.69) is 15.4 Å².